The number of H-pyrrole nitrogens is 1. The van der Waals surface area contributed by atoms with Crippen LogP contribution in [0.1, 0.15) is 11.1 Å². The molecule has 2 amide bonds. The fourth-order valence-corrected chi connectivity index (χ4v) is 3.70. The maximum absolute atomic E-state index is 15.0. The molecule has 31 heavy (non-hydrogen) atoms. The summed E-state index contributed by atoms with van der Waals surface area (Å²) in [6.07, 6.45) is 3.12. The molecule has 0 bridgehead atoms. The van der Waals surface area contributed by atoms with Crippen LogP contribution in [0.25, 0.3) is 11.0 Å². The van der Waals surface area contributed by atoms with Crippen molar-refractivity contribution in [2.24, 2.45) is 0 Å². The van der Waals surface area contributed by atoms with Crippen molar-refractivity contribution in [1.29, 1.82) is 0 Å². The summed E-state index contributed by atoms with van der Waals surface area (Å²) in [5.41, 5.74) is 0.993. The number of benzene rings is 1. The second kappa shape index (κ2) is 9.59. The van der Waals surface area contributed by atoms with E-state index in [0.717, 1.165) is 19.2 Å². The van der Waals surface area contributed by atoms with Crippen molar-refractivity contribution in [3.63, 3.8) is 0 Å². The lowest BCUT2D eigenvalue weighted by atomic mass is 10.0. The van der Waals surface area contributed by atoms with Gasteiger partial charge < -0.3 is 20.4 Å². The first-order valence-electron chi connectivity index (χ1n) is 9.94. The van der Waals surface area contributed by atoms with Crippen LogP contribution in [0, 0.1) is 11.6 Å². The molecule has 3 aromatic rings. The van der Waals surface area contributed by atoms with E-state index in [0.29, 0.717) is 47.9 Å². The number of urea groups is 1. The van der Waals surface area contributed by atoms with Gasteiger partial charge in [0.2, 0.25) is 0 Å². The SMILES string of the molecule is O=C(NCCN1CCOCC1)Nc1ccc(F)c(Cc2c[nH]c3ncc(Cl)cc23)c1F. The van der Waals surface area contributed by atoms with Crippen LogP contribution < -0.4 is 10.6 Å². The molecule has 0 atom stereocenters. The van der Waals surface area contributed by atoms with Gasteiger partial charge in [-0.05, 0) is 23.8 Å². The van der Waals surface area contributed by atoms with Crippen molar-refractivity contribution in [3.05, 3.63) is 58.4 Å². The van der Waals surface area contributed by atoms with Gasteiger partial charge >= 0.3 is 6.03 Å². The number of aromatic amines is 1. The van der Waals surface area contributed by atoms with E-state index in [-0.39, 0.29) is 17.7 Å². The van der Waals surface area contributed by atoms with Gasteiger partial charge in [-0.3, -0.25) is 4.90 Å². The number of nitrogens with zero attached hydrogens (tertiary/aromatic N) is 2. The number of aromatic nitrogens is 2. The fraction of sp³-hybridized carbons (Fsp3) is 0.333. The number of halogens is 3. The van der Waals surface area contributed by atoms with Crippen molar-refractivity contribution >= 4 is 34.4 Å². The van der Waals surface area contributed by atoms with Gasteiger partial charge in [-0.2, -0.15) is 0 Å². The minimum Gasteiger partial charge on any atom is -0.379 e. The van der Waals surface area contributed by atoms with E-state index >= 15 is 4.39 Å². The van der Waals surface area contributed by atoms with Gasteiger partial charge in [-0.15, -0.1) is 0 Å². The molecule has 10 heteroatoms. The molecule has 1 aliphatic heterocycles. The van der Waals surface area contributed by atoms with Gasteiger partial charge in [0.1, 0.15) is 11.5 Å². The van der Waals surface area contributed by atoms with E-state index in [1.54, 1.807) is 12.3 Å². The number of fused-ring (bicyclic) bond motifs is 1. The molecule has 2 aromatic heterocycles. The van der Waals surface area contributed by atoms with Crippen LogP contribution in [0.2, 0.25) is 5.02 Å². The number of carbonyl (C=O) groups is 1. The molecule has 0 aliphatic carbocycles. The number of rotatable bonds is 6. The van der Waals surface area contributed by atoms with Gasteiger partial charge in [-0.1, -0.05) is 11.6 Å². The quantitative estimate of drug-likeness (QED) is 0.537. The first-order chi connectivity index (χ1) is 15.0. The number of morpholine rings is 1. The molecule has 0 radical (unpaired) electrons. The smallest absolute Gasteiger partial charge is 0.319 e. The first-order valence-corrected chi connectivity index (χ1v) is 10.3. The Morgan fingerprint density at radius 2 is 2.10 bits per heavy atom. The molecule has 3 N–H and O–H groups in total. The summed E-state index contributed by atoms with van der Waals surface area (Å²) < 4.78 is 34.7. The third-order valence-corrected chi connectivity index (χ3v) is 5.41. The van der Waals surface area contributed by atoms with Gasteiger partial charge in [0.15, 0.2) is 5.82 Å². The highest BCUT2D eigenvalue weighted by atomic mass is 35.5. The summed E-state index contributed by atoms with van der Waals surface area (Å²) >= 11 is 6.00. The third kappa shape index (κ3) is 5.12. The summed E-state index contributed by atoms with van der Waals surface area (Å²) in [5, 5.41) is 6.27. The third-order valence-electron chi connectivity index (χ3n) is 5.20. The van der Waals surface area contributed by atoms with E-state index in [9.17, 15) is 9.18 Å². The number of anilines is 1. The molecular formula is C21H22ClF2N5O2. The number of carbonyl (C=O) groups excluding carboxylic acids is 1. The molecule has 1 aromatic carbocycles. The Kier molecular flexibility index (Phi) is 6.64. The zero-order valence-electron chi connectivity index (χ0n) is 16.7. The molecule has 4 rings (SSSR count). The second-order valence-corrected chi connectivity index (χ2v) is 7.70. The van der Waals surface area contributed by atoms with E-state index in [2.05, 4.69) is 25.5 Å². The number of pyridine rings is 1. The minimum atomic E-state index is -0.812. The van der Waals surface area contributed by atoms with Gasteiger partial charge in [0.25, 0.3) is 0 Å². The highest BCUT2D eigenvalue weighted by Crippen LogP contribution is 2.27. The van der Waals surface area contributed by atoms with Gasteiger partial charge in [0.05, 0.1) is 23.9 Å². The largest absolute Gasteiger partial charge is 0.379 e. The van der Waals surface area contributed by atoms with Crippen LogP contribution in [0.3, 0.4) is 0 Å². The van der Waals surface area contributed by atoms with Crippen LogP contribution in [0.15, 0.2) is 30.6 Å². The van der Waals surface area contributed by atoms with Crippen molar-refractivity contribution in [3.8, 4) is 0 Å². The highest BCUT2D eigenvalue weighted by Gasteiger charge is 2.18. The standard InChI is InChI=1S/C21H22ClF2N5O2/c22-14-10-15-13(11-26-20(15)27-12-14)9-16-17(23)1-2-18(19(16)24)28-21(30)25-3-4-29-5-7-31-8-6-29/h1-2,10-12H,3-9H2,(H,26,27)(H2,25,28,30). The first kappa shape index (κ1) is 21.5. The Hall–Kier alpha value is -2.75. The Bertz CT molecular complexity index is 1090. The predicted octanol–water partition coefficient (Wildman–Crippen LogP) is 3.54. The van der Waals surface area contributed by atoms with Crippen molar-refractivity contribution in [2.75, 3.05) is 44.7 Å². The molecule has 1 saturated heterocycles. The fourth-order valence-electron chi connectivity index (χ4n) is 3.54. The normalized spacial score (nSPS) is 14.7. The van der Waals surface area contributed by atoms with Gasteiger partial charge in [-0.25, -0.2) is 18.6 Å². The Balaban J connectivity index is 1.43. The minimum absolute atomic E-state index is 0.0200. The number of hydrogen-bond donors (Lipinski definition) is 3. The molecular weight excluding hydrogens is 428 g/mol. The predicted molar refractivity (Wildman–Crippen MR) is 115 cm³/mol. The van der Waals surface area contributed by atoms with Crippen LogP contribution in [-0.4, -0.2) is 60.3 Å². The highest BCUT2D eigenvalue weighted by molar-refractivity contribution is 6.31. The summed E-state index contributed by atoms with van der Waals surface area (Å²) in [4.78, 5) is 21.5. The van der Waals surface area contributed by atoms with Crippen LogP contribution in [0.5, 0.6) is 0 Å². The monoisotopic (exact) mass is 449 g/mol. The zero-order valence-corrected chi connectivity index (χ0v) is 17.4. The number of ether oxygens (including phenoxy) is 1. The number of hydrogen-bond acceptors (Lipinski definition) is 4. The summed E-state index contributed by atoms with van der Waals surface area (Å²) in [6, 6.07) is 3.49. The van der Waals surface area contributed by atoms with E-state index in [4.69, 9.17) is 16.3 Å². The lowest BCUT2D eigenvalue weighted by Gasteiger charge is -2.26. The second-order valence-electron chi connectivity index (χ2n) is 7.26. The average Bonchev–Trinajstić information content (AvgIpc) is 3.16. The maximum Gasteiger partial charge on any atom is 0.319 e. The maximum atomic E-state index is 15.0. The number of nitrogens with one attached hydrogen (secondary N) is 3. The molecule has 0 unspecified atom stereocenters. The molecule has 7 nitrogen and oxygen atoms in total. The molecule has 1 fully saturated rings. The van der Waals surface area contributed by atoms with E-state index in [1.807, 2.05) is 0 Å². The molecule has 0 saturated carbocycles. The molecule has 3 heterocycles. The van der Waals surface area contributed by atoms with E-state index in [1.165, 1.54) is 12.3 Å². The van der Waals surface area contributed by atoms with Gasteiger partial charge in [0, 0.05) is 55.9 Å². The van der Waals surface area contributed by atoms with Crippen LogP contribution in [-0.2, 0) is 11.2 Å². The lowest BCUT2D eigenvalue weighted by molar-refractivity contribution is 0.0388. The van der Waals surface area contributed by atoms with E-state index < -0.39 is 17.7 Å². The zero-order chi connectivity index (χ0) is 21.8. The molecule has 0 spiro atoms. The topological polar surface area (TPSA) is 82.3 Å². The van der Waals surface area contributed by atoms with Crippen LogP contribution in [0.4, 0.5) is 19.3 Å². The van der Waals surface area contributed by atoms with Crippen molar-refractivity contribution in [1.82, 2.24) is 20.2 Å². The number of amides is 2. The molecule has 164 valence electrons. The van der Waals surface area contributed by atoms with Crippen LogP contribution >= 0.6 is 11.6 Å². The molecule has 1 aliphatic rings. The summed E-state index contributed by atoms with van der Waals surface area (Å²) in [7, 11) is 0. The summed E-state index contributed by atoms with van der Waals surface area (Å²) in [6.45, 7) is 4.06. The average molecular weight is 450 g/mol. The van der Waals surface area contributed by atoms with Crippen molar-refractivity contribution in [2.45, 2.75) is 6.42 Å². The lowest BCUT2D eigenvalue weighted by Crippen LogP contribution is -2.42. The Morgan fingerprint density at radius 3 is 2.90 bits per heavy atom. The Morgan fingerprint density at radius 1 is 1.29 bits per heavy atom. The Labute approximate surface area is 182 Å². The summed E-state index contributed by atoms with van der Waals surface area (Å²) in [5.74, 6) is -1.51. The van der Waals surface area contributed by atoms with Crippen molar-refractivity contribution < 1.29 is 18.3 Å².